The fourth-order valence-corrected chi connectivity index (χ4v) is 3.01. The molecule has 2 rings (SSSR count). The van der Waals surface area contributed by atoms with E-state index in [1.807, 2.05) is 0 Å². The molecular weight excluding hydrogens is 220 g/mol. The predicted octanol–water partition coefficient (Wildman–Crippen LogP) is 4.29. The maximum Gasteiger partial charge on any atom is 0.0571 e. The second-order valence-corrected chi connectivity index (χ2v) is 5.56. The van der Waals surface area contributed by atoms with Gasteiger partial charge in [0.25, 0.3) is 0 Å². The molecule has 1 aromatic carbocycles. The number of rotatable bonds is 4. The maximum absolute atomic E-state index is 10.1. The molecule has 3 unspecified atom stereocenters. The summed E-state index contributed by atoms with van der Waals surface area (Å²) in [6.07, 6.45) is 5.03. The molecule has 0 saturated heterocycles. The van der Waals surface area contributed by atoms with Gasteiger partial charge in [-0.2, -0.15) is 0 Å². The van der Waals surface area contributed by atoms with Gasteiger partial charge in [-0.05, 0) is 49.5 Å². The summed E-state index contributed by atoms with van der Waals surface area (Å²) in [6.45, 7) is 6.23. The van der Waals surface area contributed by atoms with Gasteiger partial charge in [0.2, 0.25) is 0 Å². The molecule has 0 spiro atoms. The first-order valence-corrected chi connectivity index (χ1v) is 7.10. The zero-order chi connectivity index (χ0) is 13.0. The molecule has 98 valence electrons. The first-order valence-electron chi connectivity index (χ1n) is 7.10. The Morgan fingerprint density at radius 1 is 1.28 bits per heavy atom. The summed E-state index contributed by atoms with van der Waals surface area (Å²) < 4.78 is 0. The number of aliphatic hydroxyl groups is 1. The highest BCUT2D eigenvalue weighted by molar-refractivity contribution is 5.20. The summed E-state index contributed by atoms with van der Waals surface area (Å²) in [5.41, 5.74) is 2.70. The fraction of sp³-hybridized carbons (Fsp3) is 0.529. The Kier molecular flexibility index (Phi) is 4.60. The van der Waals surface area contributed by atoms with E-state index >= 15 is 0 Å². The van der Waals surface area contributed by atoms with Crippen LogP contribution in [0.4, 0.5) is 0 Å². The van der Waals surface area contributed by atoms with Crippen molar-refractivity contribution in [2.45, 2.75) is 51.0 Å². The molecule has 1 heteroatoms. The molecule has 0 bridgehead atoms. The van der Waals surface area contributed by atoms with Gasteiger partial charge < -0.3 is 5.11 Å². The zero-order valence-electron chi connectivity index (χ0n) is 11.3. The second kappa shape index (κ2) is 6.19. The summed E-state index contributed by atoms with van der Waals surface area (Å²) in [7, 11) is 0. The first kappa shape index (κ1) is 13.4. The fourth-order valence-electron chi connectivity index (χ4n) is 3.01. The molecule has 1 saturated carbocycles. The highest BCUT2D eigenvalue weighted by Crippen LogP contribution is 2.38. The van der Waals surface area contributed by atoms with Gasteiger partial charge in [-0.1, -0.05) is 49.4 Å². The van der Waals surface area contributed by atoms with Crippen molar-refractivity contribution in [3.05, 3.63) is 48.0 Å². The van der Waals surface area contributed by atoms with Crippen molar-refractivity contribution >= 4 is 0 Å². The summed E-state index contributed by atoms with van der Waals surface area (Å²) >= 11 is 0. The van der Waals surface area contributed by atoms with E-state index in [0.717, 1.165) is 32.1 Å². The van der Waals surface area contributed by atoms with Crippen LogP contribution in [0.25, 0.3) is 0 Å². The van der Waals surface area contributed by atoms with Crippen molar-refractivity contribution in [2.24, 2.45) is 5.92 Å². The van der Waals surface area contributed by atoms with Crippen LogP contribution in [0.3, 0.4) is 0 Å². The van der Waals surface area contributed by atoms with Gasteiger partial charge in [0.1, 0.15) is 0 Å². The molecule has 1 aliphatic carbocycles. The van der Waals surface area contributed by atoms with E-state index in [2.05, 4.69) is 43.8 Å². The standard InChI is InChI=1S/C17H24O/c1-3-13(2)11-16-12-15(9-10-17(16)18)14-7-5-4-6-8-14/h4-8,15-18H,2-3,9-12H2,1H3. The molecule has 0 aliphatic heterocycles. The first-order chi connectivity index (χ1) is 8.70. The Bertz CT molecular complexity index is 382. The van der Waals surface area contributed by atoms with Crippen LogP contribution >= 0.6 is 0 Å². The molecule has 1 N–H and O–H groups in total. The molecular formula is C17H24O. The third-order valence-electron chi connectivity index (χ3n) is 4.26. The summed E-state index contributed by atoms with van der Waals surface area (Å²) in [6, 6.07) is 10.7. The molecule has 18 heavy (non-hydrogen) atoms. The van der Waals surface area contributed by atoms with Crippen LogP contribution in [0.5, 0.6) is 0 Å². The van der Waals surface area contributed by atoms with E-state index in [4.69, 9.17) is 0 Å². The molecule has 1 nitrogen and oxygen atoms in total. The van der Waals surface area contributed by atoms with Crippen LogP contribution < -0.4 is 0 Å². The third kappa shape index (κ3) is 3.23. The molecule has 0 heterocycles. The SMILES string of the molecule is C=C(CC)CC1CC(c2ccccc2)CCC1O. The number of aliphatic hydroxyl groups excluding tert-OH is 1. The van der Waals surface area contributed by atoms with Crippen molar-refractivity contribution in [1.82, 2.24) is 0 Å². The van der Waals surface area contributed by atoms with Gasteiger partial charge in [-0.3, -0.25) is 0 Å². The molecule has 1 aromatic rings. The molecule has 0 radical (unpaired) electrons. The Hall–Kier alpha value is -1.08. The normalized spacial score (nSPS) is 28.0. The summed E-state index contributed by atoms with van der Waals surface area (Å²) in [5, 5.41) is 10.1. The minimum absolute atomic E-state index is 0.131. The quantitative estimate of drug-likeness (QED) is 0.783. The maximum atomic E-state index is 10.1. The minimum Gasteiger partial charge on any atom is -0.393 e. The topological polar surface area (TPSA) is 20.2 Å². The van der Waals surface area contributed by atoms with Crippen LogP contribution in [0.1, 0.15) is 50.5 Å². The van der Waals surface area contributed by atoms with Crippen LogP contribution in [0, 0.1) is 5.92 Å². The van der Waals surface area contributed by atoms with Crippen molar-refractivity contribution in [2.75, 3.05) is 0 Å². The van der Waals surface area contributed by atoms with Gasteiger partial charge in [-0.15, -0.1) is 0 Å². The largest absolute Gasteiger partial charge is 0.393 e. The van der Waals surface area contributed by atoms with Gasteiger partial charge >= 0.3 is 0 Å². The average molecular weight is 244 g/mol. The third-order valence-corrected chi connectivity index (χ3v) is 4.26. The highest BCUT2D eigenvalue weighted by atomic mass is 16.3. The number of hydrogen-bond donors (Lipinski definition) is 1. The lowest BCUT2D eigenvalue weighted by atomic mass is 9.74. The molecule has 1 fully saturated rings. The number of hydrogen-bond acceptors (Lipinski definition) is 1. The van der Waals surface area contributed by atoms with E-state index in [0.29, 0.717) is 11.8 Å². The lowest BCUT2D eigenvalue weighted by molar-refractivity contribution is 0.0617. The Morgan fingerprint density at radius 3 is 2.67 bits per heavy atom. The number of allylic oxidation sites excluding steroid dienone is 1. The Labute approximate surface area is 111 Å². The Morgan fingerprint density at radius 2 is 2.00 bits per heavy atom. The summed E-state index contributed by atoms with van der Waals surface area (Å²) in [5.74, 6) is 1.01. The van der Waals surface area contributed by atoms with Crippen LogP contribution in [-0.2, 0) is 0 Å². The monoisotopic (exact) mass is 244 g/mol. The van der Waals surface area contributed by atoms with Gasteiger partial charge in [-0.25, -0.2) is 0 Å². The molecule has 0 aromatic heterocycles. The molecule has 0 amide bonds. The average Bonchev–Trinajstić information content (AvgIpc) is 2.42. The van der Waals surface area contributed by atoms with E-state index in [-0.39, 0.29) is 6.10 Å². The Balaban J connectivity index is 2.02. The van der Waals surface area contributed by atoms with Crippen molar-refractivity contribution in [3.8, 4) is 0 Å². The van der Waals surface area contributed by atoms with Gasteiger partial charge in [0, 0.05) is 0 Å². The lowest BCUT2D eigenvalue weighted by Crippen LogP contribution is -2.28. The number of benzene rings is 1. The minimum atomic E-state index is -0.131. The second-order valence-electron chi connectivity index (χ2n) is 5.56. The smallest absolute Gasteiger partial charge is 0.0571 e. The van der Waals surface area contributed by atoms with E-state index in [9.17, 15) is 5.11 Å². The van der Waals surface area contributed by atoms with Gasteiger partial charge in [0.15, 0.2) is 0 Å². The highest BCUT2D eigenvalue weighted by Gasteiger charge is 2.29. The van der Waals surface area contributed by atoms with Crippen molar-refractivity contribution in [1.29, 1.82) is 0 Å². The van der Waals surface area contributed by atoms with E-state index in [1.165, 1.54) is 11.1 Å². The van der Waals surface area contributed by atoms with E-state index < -0.39 is 0 Å². The zero-order valence-corrected chi connectivity index (χ0v) is 11.3. The predicted molar refractivity (Wildman–Crippen MR) is 76.6 cm³/mol. The molecule has 1 aliphatic rings. The lowest BCUT2D eigenvalue weighted by Gasteiger charge is -2.34. The van der Waals surface area contributed by atoms with Crippen LogP contribution in [0.2, 0.25) is 0 Å². The summed E-state index contributed by atoms with van der Waals surface area (Å²) in [4.78, 5) is 0. The van der Waals surface area contributed by atoms with Crippen molar-refractivity contribution < 1.29 is 5.11 Å². The van der Waals surface area contributed by atoms with Crippen LogP contribution in [-0.4, -0.2) is 11.2 Å². The van der Waals surface area contributed by atoms with E-state index in [1.54, 1.807) is 0 Å². The van der Waals surface area contributed by atoms with Gasteiger partial charge in [0.05, 0.1) is 6.10 Å². The van der Waals surface area contributed by atoms with Crippen LogP contribution in [0.15, 0.2) is 42.5 Å². The molecule has 3 atom stereocenters. The van der Waals surface area contributed by atoms with Crippen molar-refractivity contribution in [3.63, 3.8) is 0 Å².